The van der Waals surface area contributed by atoms with Gasteiger partial charge in [-0.3, -0.25) is 0 Å². The Kier molecular flexibility index (Phi) is 2.65. The van der Waals surface area contributed by atoms with Crippen LogP contribution in [0.15, 0.2) is 15.2 Å². The average Bonchev–Trinajstić information content (AvgIpc) is 2.91. The maximum Gasteiger partial charge on any atom is 0.0345 e. The third-order valence-corrected chi connectivity index (χ3v) is 6.01. The van der Waals surface area contributed by atoms with Crippen LogP contribution < -0.4 is 5.73 Å². The fourth-order valence-corrected chi connectivity index (χ4v) is 5.10. The Hall–Kier alpha value is 0.140. The van der Waals surface area contributed by atoms with Gasteiger partial charge in [0.15, 0.2) is 0 Å². The van der Waals surface area contributed by atoms with Crippen LogP contribution in [0.4, 0.5) is 0 Å². The van der Waals surface area contributed by atoms with Gasteiger partial charge in [-0.15, -0.1) is 0 Å². The number of hydrogen-bond donors (Lipinski definition) is 1. The molecule has 2 saturated carbocycles. The van der Waals surface area contributed by atoms with Crippen LogP contribution in [-0.2, 0) is 0 Å². The molecule has 2 fully saturated rings. The summed E-state index contributed by atoms with van der Waals surface area (Å²) in [5.41, 5.74) is 7.74. The summed E-state index contributed by atoms with van der Waals surface area (Å²) in [7, 11) is 0. The molecule has 0 spiro atoms. The molecule has 15 heavy (non-hydrogen) atoms. The lowest BCUT2D eigenvalue weighted by Gasteiger charge is -2.27. The number of hydrogen-bond acceptors (Lipinski definition) is 2. The summed E-state index contributed by atoms with van der Waals surface area (Å²) in [5, 5.41) is 4.35. The van der Waals surface area contributed by atoms with E-state index >= 15 is 0 Å². The Labute approximate surface area is 103 Å². The smallest absolute Gasteiger partial charge is 0.0345 e. The van der Waals surface area contributed by atoms with E-state index in [-0.39, 0.29) is 6.04 Å². The molecule has 3 rings (SSSR count). The van der Waals surface area contributed by atoms with Gasteiger partial charge in [0, 0.05) is 15.9 Å². The van der Waals surface area contributed by atoms with Crippen molar-refractivity contribution in [2.45, 2.75) is 31.7 Å². The summed E-state index contributed by atoms with van der Waals surface area (Å²) in [6, 6.07) is 0.265. The highest BCUT2D eigenvalue weighted by molar-refractivity contribution is 9.10. The first-order chi connectivity index (χ1) is 7.25. The van der Waals surface area contributed by atoms with Crippen LogP contribution in [0.5, 0.6) is 0 Å². The van der Waals surface area contributed by atoms with Crippen molar-refractivity contribution in [2.75, 3.05) is 0 Å². The average molecular weight is 286 g/mol. The molecule has 2 aliphatic rings. The lowest BCUT2D eigenvalue weighted by Crippen LogP contribution is -2.25. The van der Waals surface area contributed by atoms with Gasteiger partial charge in [-0.05, 0) is 63.9 Å². The Bertz CT molecular complexity index is 362. The fraction of sp³-hybridized carbons (Fsp3) is 0.667. The van der Waals surface area contributed by atoms with E-state index in [1.54, 1.807) is 11.3 Å². The molecule has 0 aliphatic heterocycles. The van der Waals surface area contributed by atoms with E-state index in [1.807, 2.05) is 0 Å². The van der Waals surface area contributed by atoms with Gasteiger partial charge >= 0.3 is 0 Å². The third-order valence-electron chi connectivity index (χ3n) is 4.26. The molecule has 82 valence electrons. The monoisotopic (exact) mass is 285 g/mol. The van der Waals surface area contributed by atoms with E-state index in [1.165, 1.54) is 35.7 Å². The molecule has 2 N–H and O–H groups in total. The summed E-state index contributed by atoms with van der Waals surface area (Å²) < 4.78 is 1.21. The van der Waals surface area contributed by atoms with Gasteiger partial charge in [0.05, 0.1) is 0 Å². The van der Waals surface area contributed by atoms with Crippen molar-refractivity contribution >= 4 is 27.3 Å². The lowest BCUT2D eigenvalue weighted by molar-refractivity contribution is 0.284. The third kappa shape index (κ3) is 1.69. The predicted molar refractivity (Wildman–Crippen MR) is 67.9 cm³/mol. The molecule has 1 nitrogen and oxygen atoms in total. The summed E-state index contributed by atoms with van der Waals surface area (Å²) in [6.45, 7) is 0. The van der Waals surface area contributed by atoms with E-state index < -0.39 is 0 Å². The van der Waals surface area contributed by atoms with Crippen molar-refractivity contribution in [1.82, 2.24) is 0 Å². The number of halogens is 1. The highest BCUT2D eigenvalue weighted by atomic mass is 79.9. The molecular formula is C12H16BrNS. The zero-order valence-corrected chi connectivity index (χ0v) is 11.1. The summed E-state index contributed by atoms with van der Waals surface area (Å²) >= 11 is 5.34. The van der Waals surface area contributed by atoms with Gasteiger partial charge in [0.2, 0.25) is 0 Å². The zero-order chi connectivity index (χ0) is 10.4. The molecule has 2 aliphatic carbocycles. The van der Waals surface area contributed by atoms with Crippen LogP contribution in [0.2, 0.25) is 0 Å². The van der Waals surface area contributed by atoms with Crippen molar-refractivity contribution in [3.63, 3.8) is 0 Å². The highest BCUT2D eigenvalue weighted by Gasteiger charge is 2.42. The van der Waals surface area contributed by atoms with Crippen molar-refractivity contribution in [3.05, 3.63) is 20.8 Å². The first kappa shape index (κ1) is 10.3. The SMILES string of the molecule is NC(c1cscc1Br)C1CC2CCC1C2. The lowest BCUT2D eigenvalue weighted by atomic mass is 9.81. The van der Waals surface area contributed by atoms with E-state index in [9.17, 15) is 0 Å². The maximum atomic E-state index is 6.41. The molecular weight excluding hydrogens is 270 g/mol. The predicted octanol–water partition coefficient (Wildman–Crippen LogP) is 3.95. The Morgan fingerprint density at radius 2 is 2.20 bits per heavy atom. The van der Waals surface area contributed by atoms with Gasteiger partial charge in [-0.2, -0.15) is 11.3 Å². The highest BCUT2D eigenvalue weighted by Crippen LogP contribution is 2.52. The molecule has 2 bridgehead atoms. The van der Waals surface area contributed by atoms with Crippen LogP contribution in [0, 0.1) is 17.8 Å². The molecule has 1 aromatic rings. The maximum absolute atomic E-state index is 6.41. The van der Waals surface area contributed by atoms with Crippen molar-refractivity contribution < 1.29 is 0 Å². The molecule has 1 aromatic heterocycles. The summed E-state index contributed by atoms with van der Waals surface area (Å²) in [6.07, 6.45) is 5.69. The van der Waals surface area contributed by atoms with Crippen LogP contribution >= 0.6 is 27.3 Å². The summed E-state index contributed by atoms with van der Waals surface area (Å²) in [5.74, 6) is 2.65. The van der Waals surface area contributed by atoms with Gasteiger partial charge < -0.3 is 5.73 Å². The minimum absolute atomic E-state index is 0.265. The van der Waals surface area contributed by atoms with Crippen LogP contribution in [0.3, 0.4) is 0 Å². The Balaban J connectivity index is 1.81. The Morgan fingerprint density at radius 3 is 2.73 bits per heavy atom. The first-order valence-corrected chi connectivity index (χ1v) is 7.46. The van der Waals surface area contributed by atoms with E-state index in [0.29, 0.717) is 0 Å². The Morgan fingerprint density at radius 1 is 1.33 bits per heavy atom. The second-order valence-corrected chi connectivity index (χ2v) is 6.64. The van der Waals surface area contributed by atoms with Crippen molar-refractivity contribution in [3.8, 4) is 0 Å². The quantitative estimate of drug-likeness (QED) is 0.875. The van der Waals surface area contributed by atoms with Crippen molar-refractivity contribution in [1.29, 1.82) is 0 Å². The molecule has 4 atom stereocenters. The van der Waals surface area contributed by atoms with E-state index in [4.69, 9.17) is 5.73 Å². The van der Waals surface area contributed by atoms with Gasteiger partial charge in [0.25, 0.3) is 0 Å². The molecule has 0 amide bonds. The standard InChI is InChI=1S/C12H16BrNS/c13-11-6-15-5-10(11)12(14)9-4-7-1-2-8(9)3-7/h5-9,12H,1-4,14H2. The van der Waals surface area contributed by atoms with Crippen LogP contribution in [0.25, 0.3) is 0 Å². The minimum atomic E-state index is 0.265. The second-order valence-electron chi connectivity index (χ2n) is 5.04. The van der Waals surface area contributed by atoms with Gasteiger partial charge in [-0.25, -0.2) is 0 Å². The molecule has 0 aromatic carbocycles. The topological polar surface area (TPSA) is 26.0 Å². The number of nitrogens with two attached hydrogens (primary N) is 1. The van der Waals surface area contributed by atoms with E-state index in [0.717, 1.165) is 17.8 Å². The first-order valence-electron chi connectivity index (χ1n) is 5.73. The van der Waals surface area contributed by atoms with Gasteiger partial charge in [0.1, 0.15) is 0 Å². The zero-order valence-electron chi connectivity index (χ0n) is 8.66. The number of thiophene rings is 1. The number of fused-ring (bicyclic) bond motifs is 2. The second kappa shape index (κ2) is 3.86. The fourth-order valence-electron chi connectivity index (χ4n) is 3.49. The van der Waals surface area contributed by atoms with E-state index in [2.05, 4.69) is 26.7 Å². The van der Waals surface area contributed by atoms with Gasteiger partial charge in [-0.1, -0.05) is 6.42 Å². The number of rotatable bonds is 2. The van der Waals surface area contributed by atoms with Crippen LogP contribution in [0.1, 0.15) is 37.3 Å². The molecule has 1 heterocycles. The molecule has 0 radical (unpaired) electrons. The molecule has 0 saturated heterocycles. The molecule has 3 heteroatoms. The minimum Gasteiger partial charge on any atom is -0.324 e. The normalized spacial score (nSPS) is 36.0. The van der Waals surface area contributed by atoms with Crippen LogP contribution in [-0.4, -0.2) is 0 Å². The largest absolute Gasteiger partial charge is 0.324 e. The summed E-state index contributed by atoms with van der Waals surface area (Å²) in [4.78, 5) is 0. The molecule has 4 unspecified atom stereocenters. The van der Waals surface area contributed by atoms with Crippen molar-refractivity contribution in [2.24, 2.45) is 23.5 Å².